The fourth-order valence-corrected chi connectivity index (χ4v) is 8.09. The zero-order chi connectivity index (χ0) is 36.2. The van der Waals surface area contributed by atoms with Gasteiger partial charge in [0.1, 0.15) is 18.2 Å². The molecule has 2 aliphatic heterocycles. The Morgan fingerprint density at radius 3 is 2.60 bits per heavy atom. The van der Waals surface area contributed by atoms with Gasteiger partial charge in [-0.3, -0.25) is 33.7 Å². The minimum absolute atomic E-state index is 0.124. The quantitative estimate of drug-likeness (QED) is 0.175. The number of imidazole rings is 1. The number of nitrogens with zero attached hydrogens (tertiary/aromatic N) is 7. The molecule has 1 atom stereocenters. The molecule has 3 aliphatic rings. The molecule has 0 bridgehead atoms. The number of nitriles is 1. The highest BCUT2D eigenvalue weighted by Gasteiger charge is 2.32. The van der Waals surface area contributed by atoms with Crippen LogP contribution in [0, 0.1) is 11.3 Å². The van der Waals surface area contributed by atoms with E-state index in [9.17, 15) is 24.4 Å². The van der Waals surface area contributed by atoms with Gasteiger partial charge in [0.2, 0.25) is 17.7 Å². The predicted molar refractivity (Wildman–Crippen MR) is 194 cm³/mol. The number of carbonyl (C=O) groups excluding carboxylic acids is 3. The van der Waals surface area contributed by atoms with Gasteiger partial charge in [0.25, 0.3) is 0 Å². The van der Waals surface area contributed by atoms with Crippen LogP contribution in [-0.4, -0.2) is 98.1 Å². The number of amides is 3. The number of piperazine rings is 1. The first-order valence-electron chi connectivity index (χ1n) is 18.3. The molecule has 14 nitrogen and oxygen atoms in total. The minimum Gasteiger partial charge on any atom is -0.381 e. The smallest absolute Gasteiger partial charge is 0.329 e. The molecule has 1 saturated carbocycles. The SMILES string of the molecule is Cn1c(=O)n(C2CCC(=O)NC2=O)c2cccc(CCCOCCC(=O)N3CCN(C4CCC(Nc5ncnc6ccc(C#N)cc56)CC4)CC3)c21. The number of aryl methyl sites for hydroxylation is 2. The molecule has 2 saturated heterocycles. The molecule has 2 aromatic heterocycles. The highest BCUT2D eigenvalue weighted by Crippen LogP contribution is 2.29. The highest BCUT2D eigenvalue weighted by molar-refractivity contribution is 6.00. The zero-order valence-corrected chi connectivity index (χ0v) is 29.6. The second kappa shape index (κ2) is 15.6. The van der Waals surface area contributed by atoms with Gasteiger partial charge in [-0.25, -0.2) is 14.8 Å². The van der Waals surface area contributed by atoms with Crippen LogP contribution in [0.25, 0.3) is 21.9 Å². The Bertz CT molecular complexity index is 2070. The van der Waals surface area contributed by atoms with Crippen molar-refractivity contribution in [2.75, 3.05) is 44.7 Å². The van der Waals surface area contributed by atoms with E-state index in [1.165, 1.54) is 4.57 Å². The summed E-state index contributed by atoms with van der Waals surface area (Å²) in [6.45, 7) is 4.07. The van der Waals surface area contributed by atoms with Gasteiger partial charge in [-0.05, 0) is 74.8 Å². The molecule has 0 spiro atoms. The van der Waals surface area contributed by atoms with Crippen molar-refractivity contribution in [3.05, 3.63) is 64.3 Å². The molecule has 1 aliphatic carbocycles. The average molecular weight is 708 g/mol. The number of carbonyl (C=O) groups is 3. The summed E-state index contributed by atoms with van der Waals surface area (Å²) in [5.41, 5.74) is 3.59. The molecule has 4 aromatic rings. The fourth-order valence-electron chi connectivity index (χ4n) is 8.09. The summed E-state index contributed by atoms with van der Waals surface area (Å²) < 4.78 is 8.95. The van der Waals surface area contributed by atoms with Crippen molar-refractivity contribution in [3.8, 4) is 6.07 Å². The van der Waals surface area contributed by atoms with E-state index >= 15 is 0 Å². The van der Waals surface area contributed by atoms with Crippen molar-refractivity contribution in [2.24, 2.45) is 7.05 Å². The first kappa shape index (κ1) is 35.3. The lowest BCUT2D eigenvalue weighted by Crippen LogP contribution is -2.53. The van der Waals surface area contributed by atoms with Gasteiger partial charge in [0.15, 0.2) is 0 Å². The molecule has 272 valence electrons. The van der Waals surface area contributed by atoms with E-state index in [-0.39, 0.29) is 23.9 Å². The van der Waals surface area contributed by atoms with Gasteiger partial charge in [0, 0.05) is 63.7 Å². The monoisotopic (exact) mass is 707 g/mol. The maximum Gasteiger partial charge on any atom is 0.329 e. The molecule has 0 radical (unpaired) electrons. The number of rotatable bonds is 11. The van der Waals surface area contributed by atoms with Crippen LogP contribution in [0.15, 0.2) is 47.5 Å². The second-order valence-electron chi connectivity index (χ2n) is 14.1. The number of aromatic nitrogens is 4. The fraction of sp³-hybridized carbons (Fsp3) is 0.500. The van der Waals surface area contributed by atoms with E-state index in [2.05, 4.69) is 31.6 Å². The standard InChI is InChI=1S/C38H45N9O5/c1-44-35-26(4-2-6-31(35)47(38(44)51)32-13-14-33(48)43-37(32)50)5-3-20-52-21-15-34(49)46-18-16-45(17-19-46)28-10-8-27(9-11-28)42-36-29-22-25(23-39)7-12-30(29)40-24-41-36/h2,4,6-7,12,22,24,27-28,32H,3,5,8-11,13-21H2,1H3,(H,40,41,42)(H,43,48,50). The summed E-state index contributed by atoms with van der Waals surface area (Å²) in [5.74, 6) is 0.149. The largest absolute Gasteiger partial charge is 0.381 e. The molecule has 14 heteroatoms. The summed E-state index contributed by atoms with van der Waals surface area (Å²) in [4.78, 5) is 63.7. The maximum absolute atomic E-state index is 13.2. The van der Waals surface area contributed by atoms with E-state index in [0.717, 1.165) is 86.1 Å². The number of benzene rings is 2. The highest BCUT2D eigenvalue weighted by atomic mass is 16.5. The number of anilines is 1. The van der Waals surface area contributed by atoms with Crippen molar-refractivity contribution in [2.45, 2.75) is 75.9 Å². The van der Waals surface area contributed by atoms with Gasteiger partial charge in [-0.15, -0.1) is 0 Å². The van der Waals surface area contributed by atoms with Gasteiger partial charge >= 0.3 is 5.69 Å². The predicted octanol–water partition coefficient (Wildman–Crippen LogP) is 3.04. The van der Waals surface area contributed by atoms with E-state index < -0.39 is 11.9 Å². The van der Waals surface area contributed by atoms with E-state index in [1.807, 2.05) is 35.2 Å². The number of piperidine rings is 1. The Kier molecular flexibility index (Phi) is 10.6. The van der Waals surface area contributed by atoms with Gasteiger partial charge in [-0.2, -0.15) is 5.26 Å². The van der Waals surface area contributed by atoms with Crippen LogP contribution < -0.4 is 16.3 Å². The lowest BCUT2D eigenvalue weighted by Gasteiger charge is -2.42. The van der Waals surface area contributed by atoms with E-state index in [0.29, 0.717) is 55.6 Å². The first-order valence-corrected chi connectivity index (χ1v) is 18.3. The van der Waals surface area contributed by atoms with Crippen LogP contribution >= 0.6 is 0 Å². The Balaban J connectivity index is 0.816. The lowest BCUT2D eigenvalue weighted by molar-refractivity contribution is -0.136. The summed E-state index contributed by atoms with van der Waals surface area (Å²) >= 11 is 0. The number of imide groups is 1. The third kappa shape index (κ3) is 7.42. The van der Waals surface area contributed by atoms with E-state index in [4.69, 9.17) is 4.74 Å². The average Bonchev–Trinajstić information content (AvgIpc) is 3.42. The number of fused-ring (bicyclic) bond motifs is 2. The molecular formula is C38H45N9O5. The Hall–Kier alpha value is -5.13. The summed E-state index contributed by atoms with van der Waals surface area (Å²) in [7, 11) is 1.71. The minimum atomic E-state index is -0.713. The number of nitrogens with one attached hydrogen (secondary N) is 2. The Morgan fingerprint density at radius 2 is 1.83 bits per heavy atom. The van der Waals surface area contributed by atoms with Crippen molar-refractivity contribution >= 4 is 45.5 Å². The maximum atomic E-state index is 13.2. The molecule has 3 fully saturated rings. The van der Waals surface area contributed by atoms with Crippen LogP contribution in [-0.2, 0) is 32.6 Å². The van der Waals surface area contributed by atoms with Crippen LogP contribution in [0.5, 0.6) is 0 Å². The molecule has 7 rings (SSSR count). The number of hydrogen-bond acceptors (Lipinski definition) is 10. The van der Waals surface area contributed by atoms with Crippen LogP contribution in [0.2, 0.25) is 0 Å². The molecule has 2 aromatic carbocycles. The van der Waals surface area contributed by atoms with Gasteiger partial charge in [-0.1, -0.05) is 12.1 Å². The number of para-hydroxylation sites is 1. The van der Waals surface area contributed by atoms with Gasteiger partial charge in [0.05, 0.1) is 41.2 Å². The summed E-state index contributed by atoms with van der Waals surface area (Å²) in [6.07, 6.45) is 8.06. The van der Waals surface area contributed by atoms with Crippen LogP contribution in [0.1, 0.15) is 68.5 Å². The molecule has 1 unspecified atom stereocenters. The van der Waals surface area contributed by atoms with Crippen molar-refractivity contribution < 1.29 is 19.1 Å². The van der Waals surface area contributed by atoms with Gasteiger partial charge < -0.3 is 15.0 Å². The summed E-state index contributed by atoms with van der Waals surface area (Å²) in [5, 5.41) is 16.2. The molecule has 3 amide bonds. The first-order chi connectivity index (χ1) is 25.3. The van der Waals surface area contributed by atoms with Crippen molar-refractivity contribution in [3.63, 3.8) is 0 Å². The second-order valence-corrected chi connectivity index (χ2v) is 14.1. The Morgan fingerprint density at radius 1 is 1.02 bits per heavy atom. The number of hydrogen-bond donors (Lipinski definition) is 2. The summed E-state index contributed by atoms with van der Waals surface area (Å²) in [6, 6.07) is 13.5. The molecule has 2 N–H and O–H groups in total. The Labute approximate surface area is 301 Å². The topological polar surface area (TPSA) is 167 Å². The normalized spacial score (nSPS) is 21.3. The number of ether oxygens (including phenoxy) is 1. The van der Waals surface area contributed by atoms with Crippen LogP contribution in [0.3, 0.4) is 0 Å². The molecule has 52 heavy (non-hydrogen) atoms. The van der Waals surface area contributed by atoms with Crippen LogP contribution in [0.4, 0.5) is 5.82 Å². The third-order valence-corrected chi connectivity index (χ3v) is 10.9. The zero-order valence-electron chi connectivity index (χ0n) is 29.6. The van der Waals surface area contributed by atoms with Crippen molar-refractivity contribution in [1.29, 1.82) is 5.26 Å². The van der Waals surface area contributed by atoms with Crippen molar-refractivity contribution in [1.82, 2.24) is 34.2 Å². The lowest BCUT2D eigenvalue weighted by atomic mass is 9.89. The molecule has 4 heterocycles. The van der Waals surface area contributed by atoms with E-state index in [1.54, 1.807) is 24.0 Å². The third-order valence-electron chi connectivity index (χ3n) is 10.9. The molecular weight excluding hydrogens is 662 g/mol.